The quantitative estimate of drug-likeness (QED) is 0.743. The van der Waals surface area contributed by atoms with Crippen molar-refractivity contribution in [2.24, 2.45) is 0 Å². The Hall–Kier alpha value is -2.69. The summed E-state index contributed by atoms with van der Waals surface area (Å²) in [5, 5.41) is 13.2. The fourth-order valence-electron chi connectivity index (χ4n) is 1.75. The molecule has 0 aliphatic rings. The molecule has 5 heteroatoms. The first-order valence-electron chi connectivity index (χ1n) is 5.39. The number of imidazole rings is 1. The molecule has 0 amide bonds. The van der Waals surface area contributed by atoms with Crippen LogP contribution in [0.5, 0.6) is 0 Å². The van der Waals surface area contributed by atoms with Crippen molar-refractivity contribution in [1.29, 1.82) is 0 Å². The smallest absolute Gasteiger partial charge is 0.356 e. The number of carboxylic acid groups (broad SMARTS) is 1. The van der Waals surface area contributed by atoms with Crippen LogP contribution in [0.4, 0.5) is 0 Å². The molecule has 0 spiro atoms. The Morgan fingerprint density at radius 1 is 1.11 bits per heavy atom. The first-order valence-corrected chi connectivity index (χ1v) is 5.39. The van der Waals surface area contributed by atoms with Crippen LogP contribution in [0.15, 0.2) is 48.7 Å². The predicted octanol–water partition coefficient (Wildman–Crippen LogP) is 2.09. The van der Waals surface area contributed by atoms with Gasteiger partial charge in [-0.1, -0.05) is 30.3 Å². The van der Waals surface area contributed by atoms with E-state index in [1.165, 1.54) is 10.7 Å². The Morgan fingerprint density at radius 2 is 1.89 bits per heavy atom. The van der Waals surface area contributed by atoms with Crippen LogP contribution in [0.1, 0.15) is 10.5 Å². The standard InChI is InChI=1S/C13H9N3O2/c17-13(18)11-8-16-12(14-11)7-6-10(15-16)9-4-2-1-3-5-9/h1-8H,(H,17,18). The van der Waals surface area contributed by atoms with Crippen molar-refractivity contribution in [3.05, 3.63) is 54.4 Å². The van der Waals surface area contributed by atoms with Gasteiger partial charge in [0.2, 0.25) is 0 Å². The van der Waals surface area contributed by atoms with Gasteiger partial charge in [0.1, 0.15) is 0 Å². The summed E-state index contributed by atoms with van der Waals surface area (Å²) in [6, 6.07) is 13.3. The van der Waals surface area contributed by atoms with E-state index >= 15 is 0 Å². The van der Waals surface area contributed by atoms with Crippen molar-refractivity contribution >= 4 is 11.6 Å². The summed E-state index contributed by atoms with van der Waals surface area (Å²) in [6.45, 7) is 0. The number of aromatic nitrogens is 3. The van der Waals surface area contributed by atoms with E-state index in [1.54, 1.807) is 6.07 Å². The zero-order valence-electron chi connectivity index (χ0n) is 9.32. The highest BCUT2D eigenvalue weighted by atomic mass is 16.4. The first kappa shape index (κ1) is 10.5. The summed E-state index contributed by atoms with van der Waals surface area (Å²) in [5.41, 5.74) is 2.27. The third kappa shape index (κ3) is 1.71. The van der Waals surface area contributed by atoms with Gasteiger partial charge in [0.25, 0.3) is 0 Å². The lowest BCUT2D eigenvalue weighted by atomic mass is 10.1. The molecule has 3 aromatic rings. The van der Waals surface area contributed by atoms with Crippen LogP contribution in [0.25, 0.3) is 16.9 Å². The molecular formula is C13H9N3O2. The molecule has 0 fully saturated rings. The number of rotatable bonds is 2. The second-order valence-corrected chi connectivity index (χ2v) is 3.82. The van der Waals surface area contributed by atoms with Crippen LogP contribution in [-0.4, -0.2) is 25.7 Å². The van der Waals surface area contributed by atoms with Crippen molar-refractivity contribution in [3.63, 3.8) is 0 Å². The van der Waals surface area contributed by atoms with Gasteiger partial charge in [-0.05, 0) is 12.1 Å². The summed E-state index contributed by atoms with van der Waals surface area (Å²) in [4.78, 5) is 14.8. The topological polar surface area (TPSA) is 67.5 Å². The molecule has 0 unspecified atom stereocenters. The van der Waals surface area contributed by atoms with Crippen LogP contribution in [-0.2, 0) is 0 Å². The molecule has 3 rings (SSSR count). The molecule has 0 atom stereocenters. The zero-order valence-corrected chi connectivity index (χ0v) is 9.32. The number of fused-ring (bicyclic) bond motifs is 1. The highest BCUT2D eigenvalue weighted by Gasteiger charge is 2.09. The van der Waals surface area contributed by atoms with Crippen molar-refractivity contribution in [2.45, 2.75) is 0 Å². The normalized spacial score (nSPS) is 10.7. The van der Waals surface area contributed by atoms with E-state index in [9.17, 15) is 4.79 Å². The molecule has 0 saturated heterocycles. The maximum atomic E-state index is 10.8. The molecule has 1 N–H and O–H groups in total. The number of hydrogen-bond donors (Lipinski definition) is 1. The fourth-order valence-corrected chi connectivity index (χ4v) is 1.75. The average molecular weight is 239 g/mol. The summed E-state index contributed by atoms with van der Waals surface area (Å²) in [6.07, 6.45) is 1.41. The fraction of sp³-hybridized carbons (Fsp3) is 0. The van der Waals surface area contributed by atoms with E-state index in [0.717, 1.165) is 11.3 Å². The van der Waals surface area contributed by atoms with E-state index in [-0.39, 0.29) is 5.69 Å². The molecule has 5 nitrogen and oxygen atoms in total. The van der Waals surface area contributed by atoms with Crippen LogP contribution >= 0.6 is 0 Å². The van der Waals surface area contributed by atoms with Gasteiger partial charge in [0.05, 0.1) is 11.9 Å². The summed E-state index contributed by atoms with van der Waals surface area (Å²) in [7, 11) is 0. The molecule has 0 radical (unpaired) electrons. The number of hydrogen-bond acceptors (Lipinski definition) is 3. The third-order valence-electron chi connectivity index (χ3n) is 2.61. The van der Waals surface area contributed by atoms with E-state index in [0.29, 0.717) is 5.65 Å². The Labute approximate surface area is 102 Å². The Balaban J connectivity index is 2.14. The van der Waals surface area contributed by atoms with Gasteiger partial charge in [0.15, 0.2) is 11.3 Å². The van der Waals surface area contributed by atoms with E-state index in [1.807, 2.05) is 36.4 Å². The van der Waals surface area contributed by atoms with Gasteiger partial charge < -0.3 is 5.11 Å². The molecule has 18 heavy (non-hydrogen) atoms. The molecule has 2 heterocycles. The minimum Gasteiger partial charge on any atom is -0.476 e. The Bertz CT molecular complexity index is 719. The van der Waals surface area contributed by atoms with Gasteiger partial charge in [-0.3, -0.25) is 0 Å². The molecule has 0 bridgehead atoms. The van der Waals surface area contributed by atoms with Crippen molar-refractivity contribution in [3.8, 4) is 11.3 Å². The SMILES string of the molecule is O=C(O)c1cn2nc(-c3ccccc3)ccc2n1. The molecular weight excluding hydrogens is 230 g/mol. The molecule has 88 valence electrons. The molecule has 0 saturated carbocycles. The van der Waals surface area contributed by atoms with Crippen LogP contribution in [0.3, 0.4) is 0 Å². The minimum atomic E-state index is -1.05. The lowest BCUT2D eigenvalue weighted by Gasteiger charge is -2.00. The number of benzene rings is 1. The van der Waals surface area contributed by atoms with Gasteiger partial charge in [-0.15, -0.1) is 0 Å². The summed E-state index contributed by atoms with van der Waals surface area (Å²) < 4.78 is 1.48. The largest absolute Gasteiger partial charge is 0.476 e. The third-order valence-corrected chi connectivity index (χ3v) is 2.61. The van der Waals surface area contributed by atoms with Gasteiger partial charge >= 0.3 is 5.97 Å². The Kier molecular flexibility index (Phi) is 2.30. The van der Waals surface area contributed by atoms with E-state index in [4.69, 9.17) is 5.11 Å². The number of carboxylic acids is 1. The minimum absolute atomic E-state index is 0.00675. The Morgan fingerprint density at radius 3 is 2.61 bits per heavy atom. The van der Waals surface area contributed by atoms with Gasteiger partial charge in [0, 0.05) is 5.56 Å². The molecule has 0 aliphatic heterocycles. The highest BCUT2D eigenvalue weighted by molar-refractivity contribution is 5.86. The highest BCUT2D eigenvalue weighted by Crippen LogP contribution is 2.16. The average Bonchev–Trinajstić information content (AvgIpc) is 2.82. The maximum Gasteiger partial charge on any atom is 0.356 e. The molecule has 2 aromatic heterocycles. The van der Waals surface area contributed by atoms with Crippen molar-refractivity contribution in [2.75, 3.05) is 0 Å². The second-order valence-electron chi connectivity index (χ2n) is 3.82. The monoisotopic (exact) mass is 239 g/mol. The second kappa shape index (κ2) is 3.96. The number of carbonyl (C=O) groups is 1. The molecule has 0 aliphatic carbocycles. The summed E-state index contributed by atoms with van der Waals surface area (Å²) >= 11 is 0. The summed E-state index contributed by atoms with van der Waals surface area (Å²) in [5.74, 6) is -1.05. The predicted molar refractivity (Wildman–Crippen MR) is 65.4 cm³/mol. The van der Waals surface area contributed by atoms with Crippen molar-refractivity contribution < 1.29 is 9.90 Å². The van der Waals surface area contributed by atoms with Gasteiger partial charge in [-0.2, -0.15) is 5.10 Å². The van der Waals surface area contributed by atoms with Crippen LogP contribution < -0.4 is 0 Å². The van der Waals surface area contributed by atoms with Gasteiger partial charge in [-0.25, -0.2) is 14.3 Å². The van der Waals surface area contributed by atoms with Crippen LogP contribution in [0.2, 0.25) is 0 Å². The maximum absolute atomic E-state index is 10.8. The number of aromatic carboxylic acids is 1. The zero-order chi connectivity index (χ0) is 12.5. The van der Waals surface area contributed by atoms with Crippen molar-refractivity contribution in [1.82, 2.24) is 14.6 Å². The lowest BCUT2D eigenvalue weighted by Crippen LogP contribution is -1.95. The number of nitrogens with zero attached hydrogens (tertiary/aromatic N) is 3. The van der Waals surface area contributed by atoms with E-state index < -0.39 is 5.97 Å². The lowest BCUT2D eigenvalue weighted by molar-refractivity contribution is 0.0691. The first-order chi connectivity index (χ1) is 8.74. The van der Waals surface area contributed by atoms with E-state index in [2.05, 4.69) is 10.1 Å². The molecule has 1 aromatic carbocycles. The van der Waals surface area contributed by atoms with Crippen LogP contribution in [0, 0.1) is 0 Å².